The number of hydrogen-bond acceptors (Lipinski definition) is 3. The highest BCUT2D eigenvalue weighted by molar-refractivity contribution is 5.75. The van der Waals surface area contributed by atoms with Gasteiger partial charge in [-0.25, -0.2) is 9.97 Å². The van der Waals surface area contributed by atoms with Crippen LogP contribution in [-0.2, 0) is 11.2 Å². The Hall–Kier alpha value is -2.23. The Balaban J connectivity index is 2.26. The van der Waals surface area contributed by atoms with Gasteiger partial charge < -0.3 is 5.11 Å². The van der Waals surface area contributed by atoms with Crippen molar-refractivity contribution in [2.24, 2.45) is 0 Å². The summed E-state index contributed by atoms with van der Waals surface area (Å²) in [6.07, 6.45) is 2.00. The molecule has 1 unspecified atom stereocenters. The molecule has 0 radical (unpaired) electrons. The van der Waals surface area contributed by atoms with E-state index in [2.05, 4.69) is 9.97 Å². The molecule has 98 valence electrons. The summed E-state index contributed by atoms with van der Waals surface area (Å²) < 4.78 is 0. The average Bonchev–Trinajstić information content (AvgIpc) is 2.37. The van der Waals surface area contributed by atoms with Crippen LogP contribution in [0, 0.1) is 13.8 Å². The highest BCUT2D eigenvalue weighted by Gasteiger charge is 2.23. The summed E-state index contributed by atoms with van der Waals surface area (Å²) in [7, 11) is 0. The summed E-state index contributed by atoms with van der Waals surface area (Å²) in [6.45, 7) is 3.83. The number of benzene rings is 1. The standard InChI is InChI=1S/C15H16N2O2/c1-10-3-5-12(6-4-10)9-13(15(18)19)14-16-8-7-11(2)17-14/h3-8,13H,9H2,1-2H3,(H,18,19). The SMILES string of the molecule is Cc1ccc(CC(C(=O)O)c2nccc(C)n2)cc1. The molecule has 1 aromatic heterocycles. The summed E-state index contributed by atoms with van der Waals surface area (Å²) in [5.41, 5.74) is 2.91. The van der Waals surface area contributed by atoms with Crippen molar-refractivity contribution in [1.82, 2.24) is 9.97 Å². The molecule has 1 N–H and O–H groups in total. The smallest absolute Gasteiger partial charge is 0.314 e. The van der Waals surface area contributed by atoms with E-state index >= 15 is 0 Å². The van der Waals surface area contributed by atoms with Crippen molar-refractivity contribution in [3.05, 3.63) is 59.2 Å². The molecule has 0 bridgehead atoms. The minimum Gasteiger partial charge on any atom is -0.481 e. The first-order chi connectivity index (χ1) is 9.06. The third-order valence-corrected chi connectivity index (χ3v) is 2.98. The Morgan fingerprint density at radius 1 is 1.21 bits per heavy atom. The topological polar surface area (TPSA) is 63.1 Å². The highest BCUT2D eigenvalue weighted by Crippen LogP contribution is 2.18. The molecule has 1 heterocycles. The van der Waals surface area contributed by atoms with Crippen molar-refractivity contribution >= 4 is 5.97 Å². The number of nitrogens with zero attached hydrogens (tertiary/aromatic N) is 2. The van der Waals surface area contributed by atoms with E-state index in [0.717, 1.165) is 16.8 Å². The molecule has 19 heavy (non-hydrogen) atoms. The Kier molecular flexibility index (Phi) is 3.90. The maximum Gasteiger partial charge on any atom is 0.314 e. The van der Waals surface area contributed by atoms with E-state index in [1.807, 2.05) is 38.1 Å². The highest BCUT2D eigenvalue weighted by atomic mass is 16.4. The zero-order valence-electron chi connectivity index (χ0n) is 11.0. The minimum atomic E-state index is -0.897. The van der Waals surface area contributed by atoms with E-state index in [1.165, 1.54) is 0 Å². The molecule has 0 spiro atoms. The monoisotopic (exact) mass is 256 g/mol. The molecule has 0 fully saturated rings. The molecule has 0 amide bonds. The zero-order valence-corrected chi connectivity index (χ0v) is 11.0. The van der Waals surface area contributed by atoms with E-state index in [-0.39, 0.29) is 0 Å². The summed E-state index contributed by atoms with van der Waals surface area (Å²) in [4.78, 5) is 19.7. The van der Waals surface area contributed by atoms with Crippen LogP contribution in [0.2, 0.25) is 0 Å². The van der Waals surface area contributed by atoms with Crippen LogP contribution < -0.4 is 0 Å². The van der Waals surface area contributed by atoms with Crippen LogP contribution in [0.15, 0.2) is 36.5 Å². The number of carboxylic acids is 1. The lowest BCUT2D eigenvalue weighted by Gasteiger charge is -2.11. The van der Waals surface area contributed by atoms with E-state index in [0.29, 0.717) is 12.2 Å². The van der Waals surface area contributed by atoms with Crippen molar-refractivity contribution in [3.63, 3.8) is 0 Å². The van der Waals surface area contributed by atoms with Crippen molar-refractivity contribution in [2.75, 3.05) is 0 Å². The molecule has 4 heteroatoms. The first-order valence-corrected chi connectivity index (χ1v) is 6.14. The van der Waals surface area contributed by atoms with E-state index in [4.69, 9.17) is 0 Å². The minimum absolute atomic E-state index is 0.369. The predicted octanol–water partition coefficient (Wildman–Crippen LogP) is 2.50. The molecule has 0 aliphatic heterocycles. The quantitative estimate of drug-likeness (QED) is 0.913. The molecule has 1 atom stereocenters. The molecule has 0 saturated heterocycles. The van der Waals surface area contributed by atoms with Gasteiger partial charge in [-0.1, -0.05) is 29.8 Å². The maximum absolute atomic E-state index is 11.4. The van der Waals surface area contributed by atoms with Gasteiger partial charge in [-0.15, -0.1) is 0 Å². The first kappa shape index (κ1) is 13.2. The summed E-state index contributed by atoms with van der Waals surface area (Å²) >= 11 is 0. The van der Waals surface area contributed by atoms with Crippen LogP contribution in [0.5, 0.6) is 0 Å². The van der Waals surface area contributed by atoms with Crippen molar-refractivity contribution < 1.29 is 9.90 Å². The van der Waals surface area contributed by atoms with Crippen LogP contribution in [0.1, 0.15) is 28.6 Å². The van der Waals surface area contributed by atoms with Gasteiger partial charge in [0.2, 0.25) is 0 Å². The van der Waals surface area contributed by atoms with Gasteiger partial charge in [-0.2, -0.15) is 0 Å². The van der Waals surface area contributed by atoms with Gasteiger partial charge in [0.15, 0.2) is 0 Å². The van der Waals surface area contributed by atoms with E-state index in [9.17, 15) is 9.90 Å². The third kappa shape index (κ3) is 3.37. The molecule has 0 saturated carbocycles. The normalized spacial score (nSPS) is 12.1. The Morgan fingerprint density at radius 2 is 1.89 bits per heavy atom. The number of aliphatic carboxylic acids is 1. The number of hydrogen-bond donors (Lipinski definition) is 1. The van der Waals surface area contributed by atoms with Gasteiger partial charge in [0.25, 0.3) is 0 Å². The molecule has 0 aliphatic carbocycles. The van der Waals surface area contributed by atoms with Gasteiger partial charge in [0, 0.05) is 11.9 Å². The second kappa shape index (κ2) is 5.61. The molecule has 2 aromatic rings. The second-order valence-electron chi connectivity index (χ2n) is 4.64. The molecule has 4 nitrogen and oxygen atoms in total. The lowest BCUT2D eigenvalue weighted by Crippen LogP contribution is -2.17. The summed E-state index contributed by atoms with van der Waals surface area (Å²) in [5.74, 6) is -1.23. The zero-order chi connectivity index (χ0) is 13.8. The predicted molar refractivity (Wildman–Crippen MR) is 72.0 cm³/mol. The van der Waals surface area contributed by atoms with E-state index in [1.54, 1.807) is 12.3 Å². The van der Waals surface area contributed by atoms with Crippen LogP contribution in [0.25, 0.3) is 0 Å². The molecule has 2 rings (SSSR count). The number of rotatable bonds is 4. The lowest BCUT2D eigenvalue weighted by atomic mass is 9.98. The number of carboxylic acid groups (broad SMARTS) is 1. The fourth-order valence-corrected chi connectivity index (χ4v) is 1.89. The fourth-order valence-electron chi connectivity index (χ4n) is 1.89. The van der Waals surface area contributed by atoms with Crippen LogP contribution in [0.4, 0.5) is 0 Å². The first-order valence-electron chi connectivity index (χ1n) is 6.14. The molecule has 1 aromatic carbocycles. The molecular weight excluding hydrogens is 240 g/mol. The summed E-state index contributed by atoms with van der Waals surface area (Å²) in [6, 6.07) is 9.60. The lowest BCUT2D eigenvalue weighted by molar-refractivity contribution is -0.139. The van der Waals surface area contributed by atoms with Crippen LogP contribution in [0.3, 0.4) is 0 Å². The van der Waals surface area contributed by atoms with Crippen molar-refractivity contribution in [2.45, 2.75) is 26.2 Å². The van der Waals surface area contributed by atoms with Gasteiger partial charge in [0.05, 0.1) is 0 Å². The van der Waals surface area contributed by atoms with Gasteiger partial charge in [-0.05, 0) is 31.9 Å². The maximum atomic E-state index is 11.4. The third-order valence-electron chi connectivity index (χ3n) is 2.98. The number of carbonyl (C=O) groups is 1. The number of aryl methyl sites for hydroxylation is 2. The van der Waals surface area contributed by atoms with Gasteiger partial charge in [-0.3, -0.25) is 4.79 Å². The Labute approximate surface area is 112 Å². The largest absolute Gasteiger partial charge is 0.481 e. The van der Waals surface area contributed by atoms with Gasteiger partial charge >= 0.3 is 5.97 Å². The van der Waals surface area contributed by atoms with Crippen LogP contribution >= 0.6 is 0 Å². The van der Waals surface area contributed by atoms with E-state index < -0.39 is 11.9 Å². The number of aromatic nitrogens is 2. The van der Waals surface area contributed by atoms with Crippen molar-refractivity contribution in [3.8, 4) is 0 Å². The second-order valence-corrected chi connectivity index (χ2v) is 4.64. The molecular formula is C15H16N2O2. The van der Waals surface area contributed by atoms with Gasteiger partial charge in [0.1, 0.15) is 11.7 Å². The van der Waals surface area contributed by atoms with Crippen LogP contribution in [-0.4, -0.2) is 21.0 Å². The Morgan fingerprint density at radius 3 is 2.47 bits per heavy atom. The van der Waals surface area contributed by atoms with Crippen molar-refractivity contribution in [1.29, 1.82) is 0 Å². The fraction of sp³-hybridized carbons (Fsp3) is 0.267. The Bertz CT molecular complexity index is 579. The molecule has 0 aliphatic rings. The average molecular weight is 256 g/mol. The summed E-state index contributed by atoms with van der Waals surface area (Å²) in [5, 5.41) is 9.35.